The van der Waals surface area contributed by atoms with Crippen LogP contribution < -0.4 is 24.7 Å². The molecular formula is C20H29N7O3. The predicted molar refractivity (Wildman–Crippen MR) is 117 cm³/mol. The van der Waals surface area contributed by atoms with Gasteiger partial charge in [0, 0.05) is 43.5 Å². The molecule has 30 heavy (non-hydrogen) atoms. The van der Waals surface area contributed by atoms with E-state index in [-0.39, 0.29) is 6.01 Å². The molecule has 0 aliphatic carbocycles. The van der Waals surface area contributed by atoms with E-state index < -0.39 is 0 Å². The van der Waals surface area contributed by atoms with E-state index in [1.165, 1.54) is 7.11 Å². The Morgan fingerprint density at radius 1 is 1.13 bits per heavy atom. The van der Waals surface area contributed by atoms with Gasteiger partial charge in [-0.2, -0.15) is 20.1 Å². The molecular weight excluding hydrogens is 386 g/mol. The number of benzene rings is 1. The van der Waals surface area contributed by atoms with Gasteiger partial charge in [0.05, 0.1) is 33.6 Å². The number of anilines is 3. The molecule has 0 unspecified atom stereocenters. The molecule has 2 heterocycles. The van der Waals surface area contributed by atoms with Crippen LogP contribution in [-0.2, 0) is 4.74 Å². The highest BCUT2D eigenvalue weighted by Crippen LogP contribution is 2.24. The van der Waals surface area contributed by atoms with Gasteiger partial charge in [0.25, 0.3) is 5.95 Å². The predicted octanol–water partition coefficient (Wildman–Crippen LogP) is 2.02. The van der Waals surface area contributed by atoms with Crippen LogP contribution in [0.15, 0.2) is 23.3 Å². The number of nitrogens with zero attached hydrogens (tertiary/aromatic N) is 6. The molecule has 0 bridgehead atoms. The highest BCUT2D eigenvalue weighted by Gasteiger charge is 2.16. The maximum atomic E-state index is 5.54. The molecule has 1 aliphatic rings. The van der Waals surface area contributed by atoms with E-state index in [2.05, 4.69) is 50.3 Å². The second-order valence-electron chi connectivity index (χ2n) is 6.51. The van der Waals surface area contributed by atoms with Gasteiger partial charge >= 0.3 is 6.01 Å². The lowest BCUT2D eigenvalue weighted by molar-refractivity contribution is 0.122. The highest BCUT2D eigenvalue weighted by molar-refractivity contribution is 5.85. The van der Waals surface area contributed by atoms with Crippen LogP contribution in [-0.4, -0.2) is 74.8 Å². The Hall–Kier alpha value is -3.14. The zero-order valence-corrected chi connectivity index (χ0v) is 18.0. The molecule has 0 radical (unpaired) electrons. The quantitative estimate of drug-likeness (QED) is 0.487. The summed E-state index contributed by atoms with van der Waals surface area (Å²) in [5.41, 5.74) is 4.82. The van der Waals surface area contributed by atoms with Crippen LogP contribution in [0.1, 0.15) is 19.4 Å². The van der Waals surface area contributed by atoms with Gasteiger partial charge in [-0.05, 0) is 26.0 Å². The molecule has 3 rings (SSSR count). The lowest BCUT2D eigenvalue weighted by atomic mass is 10.2. The number of hydrogen-bond acceptors (Lipinski definition) is 10. The second-order valence-corrected chi connectivity index (χ2v) is 6.51. The van der Waals surface area contributed by atoms with Crippen molar-refractivity contribution in [2.45, 2.75) is 13.8 Å². The van der Waals surface area contributed by atoms with Gasteiger partial charge in [-0.15, -0.1) is 0 Å². The first-order chi connectivity index (χ1) is 14.7. The van der Waals surface area contributed by atoms with E-state index >= 15 is 0 Å². The zero-order valence-electron chi connectivity index (χ0n) is 18.0. The molecule has 10 heteroatoms. The summed E-state index contributed by atoms with van der Waals surface area (Å²) >= 11 is 0. The molecule has 1 aromatic carbocycles. The minimum Gasteiger partial charge on any atom is -0.496 e. The second kappa shape index (κ2) is 10.6. The van der Waals surface area contributed by atoms with E-state index in [4.69, 9.17) is 14.2 Å². The fourth-order valence-corrected chi connectivity index (χ4v) is 3.14. The van der Waals surface area contributed by atoms with E-state index in [1.807, 2.05) is 17.0 Å². The molecule has 1 N–H and O–H groups in total. The van der Waals surface area contributed by atoms with Gasteiger partial charge < -0.3 is 24.0 Å². The lowest BCUT2D eigenvalue weighted by Crippen LogP contribution is -2.37. The number of nitrogens with one attached hydrogen (secondary N) is 1. The van der Waals surface area contributed by atoms with Crippen molar-refractivity contribution in [3.63, 3.8) is 0 Å². The number of hydrazone groups is 1. The summed E-state index contributed by atoms with van der Waals surface area (Å²) in [4.78, 5) is 17.3. The number of ether oxygens (including phenoxy) is 3. The molecule has 1 aliphatic heterocycles. The average molecular weight is 415 g/mol. The molecule has 162 valence electrons. The molecule has 1 saturated heterocycles. The smallest absolute Gasteiger partial charge is 0.322 e. The topological polar surface area (TPSA) is 97.2 Å². The van der Waals surface area contributed by atoms with Crippen molar-refractivity contribution in [1.29, 1.82) is 0 Å². The molecule has 0 saturated carbocycles. The third kappa shape index (κ3) is 5.26. The minimum absolute atomic E-state index is 0.227. The monoisotopic (exact) mass is 415 g/mol. The standard InChI is InChI=1S/C20H29N7O3/c1-5-26(6-2)16-8-7-15(17(13-16)28-3)14-21-25-18-22-19(24-20(23-18)29-4)27-9-11-30-12-10-27/h7-8,13-14H,5-6,9-12H2,1-4H3,(H,22,23,24,25)/b21-14-. The van der Waals surface area contributed by atoms with Gasteiger partial charge in [-0.1, -0.05) is 0 Å². The fourth-order valence-electron chi connectivity index (χ4n) is 3.14. The lowest BCUT2D eigenvalue weighted by Gasteiger charge is -2.26. The summed E-state index contributed by atoms with van der Waals surface area (Å²) < 4.78 is 16.1. The van der Waals surface area contributed by atoms with Crippen LogP contribution in [0.25, 0.3) is 0 Å². The highest BCUT2D eigenvalue weighted by atomic mass is 16.5. The maximum Gasteiger partial charge on any atom is 0.322 e. The van der Waals surface area contributed by atoms with Crippen LogP contribution in [0.5, 0.6) is 11.8 Å². The average Bonchev–Trinajstić information content (AvgIpc) is 2.80. The summed E-state index contributed by atoms with van der Waals surface area (Å²) in [6.45, 7) is 8.82. The Bertz CT molecular complexity index is 852. The number of morpholine rings is 1. The maximum absolute atomic E-state index is 5.54. The Morgan fingerprint density at radius 3 is 2.57 bits per heavy atom. The molecule has 1 fully saturated rings. The largest absolute Gasteiger partial charge is 0.496 e. The Balaban J connectivity index is 1.75. The van der Waals surface area contributed by atoms with Gasteiger partial charge in [0.1, 0.15) is 5.75 Å². The third-order valence-electron chi connectivity index (χ3n) is 4.79. The van der Waals surface area contributed by atoms with Crippen molar-refractivity contribution in [3.05, 3.63) is 23.8 Å². The van der Waals surface area contributed by atoms with E-state index in [9.17, 15) is 0 Å². The summed E-state index contributed by atoms with van der Waals surface area (Å²) in [5, 5.41) is 4.28. The molecule has 0 spiro atoms. The Morgan fingerprint density at radius 2 is 1.90 bits per heavy atom. The normalized spacial score (nSPS) is 14.1. The molecule has 0 atom stereocenters. The van der Waals surface area contributed by atoms with Gasteiger partial charge in [-0.3, -0.25) is 0 Å². The Labute approximate surface area is 176 Å². The molecule has 0 amide bonds. The molecule has 2 aromatic rings. The van der Waals surface area contributed by atoms with Crippen molar-refractivity contribution < 1.29 is 14.2 Å². The summed E-state index contributed by atoms with van der Waals surface area (Å²) in [6, 6.07) is 6.27. The Kier molecular flexibility index (Phi) is 7.61. The van der Waals surface area contributed by atoms with E-state index in [0.717, 1.165) is 30.1 Å². The third-order valence-corrected chi connectivity index (χ3v) is 4.79. The van der Waals surface area contributed by atoms with Gasteiger partial charge in [-0.25, -0.2) is 5.43 Å². The van der Waals surface area contributed by atoms with Crippen LogP contribution in [0.4, 0.5) is 17.6 Å². The number of hydrogen-bond donors (Lipinski definition) is 1. The zero-order chi connectivity index (χ0) is 21.3. The number of methoxy groups -OCH3 is 2. The van der Waals surface area contributed by atoms with Crippen molar-refractivity contribution in [2.24, 2.45) is 5.10 Å². The fraction of sp³-hybridized carbons (Fsp3) is 0.500. The van der Waals surface area contributed by atoms with Crippen molar-refractivity contribution in [2.75, 3.05) is 68.8 Å². The first-order valence-corrected chi connectivity index (χ1v) is 10.0. The summed E-state index contributed by atoms with van der Waals surface area (Å²) in [7, 11) is 3.17. The minimum atomic E-state index is 0.227. The summed E-state index contributed by atoms with van der Waals surface area (Å²) in [5.74, 6) is 1.58. The first-order valence-electron chi connectivity index (χ1n) is 10.0. The van der Waals surface area contributed by atoms with Crippen LogP contribution >= 0.6 is 0 Å². The van der Waals surface area contributed by atoms with E-state index in [0.29, 0.717) is 38.2 Å². The molecule has 1 aromatic heterocycles. The van der Waals surface area contributed by atoms with Crippen molar-refractivity contribution >= 4 is 23.8 Å². The summed E-state index contributed by atoms with van der Waals surface area (Å²) in [6.07, 6.45) is 1.68. The number of rotatable bonds is 9. The number of aromatic nitrogens is 3. The van der Waals surface area contributed by atoms with Crippen molar-refractivity contribution in [1.82, 2.24) is 15.0 Å². The van der Waals surface area contributed by atoms with Crippen LogP contribution in [0, 0.1) is 0 Å². The van der Waals surface area contributed by atoms with Crippen LogP contribution in [0.2, 0.25) is 0 Å². The van der Waals surface area contributed by atoms with Gasteiger partial charge in [0.15, 0.2) is 0 Å². The van der Waals surface area contributed by atoms with Crippen LogP contribution in [0.3, 0.4) is 0 Å². The first kappa shape index (κ1) is 21.6. The van der Waals surface area contributed by atoms with Gasteiger partial charge in [0.2, 0.25) is 5.95 Å². The SMILES string of the molecule is CCN(CC)c1ccc(/C=N\Nc2nc(OC)nc(N3CCOCC3)n2)c(OC)c1. The molecule has 10 nitrogen and oxygen atoms in total. The van der Waals surface area contributed by atoms with Crippen molar-refractivity contribution in [3.8, 4) is 11.8 Å². The van der Waals surface area contributed by atoms with E-state index in [1.54, 1.807) is 13.3 Å².